The highest BCUT2D eigenvalue weighted by Crippen LogP contribution is 2.36. The van der Waals surface area contributed by atoms with Crippen LogP contribution in [0.2, 0.25) is 0 Å². The highest BCUT2D eigenvalue weighted by molar-refractivity contribution is 6.00. The van der Waals surface area contributed by atoms with Crippen molar-refractivity contribution >= 4 is 17.5 Å². The van der Waals surface area contributed by atoms with E-state index in [1.807, 2.05) is 23.1 Å². The largest absolute Gasteiger partial charge is 0.486 e. The highest BCUT2D eigenvalue weighted by atomic mass is 16.6. The Bertz CT molecular complexity index is 708. The van der Waals surface area contributed by atoms with E-state index < -0.39 is 0 Å². The van der Waals surface area contributed by atoms with E-state index in [-0.39, 0.29) is 30.2 Å². The van der Waals surface area contributed by atoms with Crippen LogP contribution in [0.1, 0.15) is 25.7 Å². The van der Waals surface area contributed by atoms with Crippen LogP contribution in [0.3, 0.4) is 0 Å². The maximum Gasteiger partial charge on any atom is 0.228 e. The summed E-state index contributed by atoms with van der Waals surface area (Å²) in [6, 6.07) is 5.60. The summed E-state index contributed by atoms with van der Waals surface area (Å²) in [5.74, 6) is 1.08. The van der Waals surface area contributed by atoms with E-state index in [2.05, 4.69) is 0 Å². The van der Waals surface area contributed by atoms with Gasteiger partial charge in [0.15, 0.2) is 11.5 Å². The van der Waals surface area contributed by atoms with Crippen molar-refractivity contribution in [2.75, 3.05) is 37.7 Å². The Morgan fingerprint density at radius 3 is 2.81 bits per heavy atom. The molecule has 2 fully saturated rings. The van der Waals surface area contributed by atoms with Gasteiger partial charge >= 0.3 is 0 Å². The van der Waals surface area contributed by atoms with Crippen LogP contribution < -0.4 is 20.1 Å². The molecule has 2 amide bonds. The van der Waals surface area contributed by atoms with Gasteiger partial charge in [0.1, 0.15) is 13.2 Å². The van der Waals surface area contributed by atoms with Gasteiger partial charge in [-0.05, 0) is 31.4 Å². The molecule has 0 aliphatic carbocycles. The predicted molar refractivity (Wildman–Crippen MR) is 96.3 cm³/mol. The van der Waals surface area contributed by atoms with Crippen molar-refractivity contribution in [1.82, 2.24) is 4.90 Å². The van der Waals surface area contributed by atoms with E-state index in [0.717, 1.165) is 31.5 Å². The molecule has 140 valence electrons. The van der Waals surface area contributed by atoms with Gasteiger partial charge in [-0.1, -0.05) is 0 Å². The number of benzene rings is 1. The lowest BCUT2D eigenvalue weighted by Gasteiger charge is -2.36. The third-order valence-corrected chi connectivity index (χ3v) is 5.49. The number of carbonyl (C=O) groups is 2. The molecule has 3 aliphatic rings. The van der Waals surface area contributed by atoms with Crippen LogP contribution in [0.15, 0.2) is 18.2 Å². The molecule has 3 heterocycles. The second-order valence-corrected chi connectivity index (χ2v) is 7.15. The molecule has 0 radical (unpaired) electrons. The molecule has 0 aromatic heterocycles. The number of nitrogens with two attached hydrogens (primary N) is 1. The molecule has 7 nitrogen and oxygen atoms in total. The van der Waals surface area contributed by atoms with E-state index in [4.69, 9.17) is 15.2 Å². The molecule has 3 aliphatic heterocycles. The van der Waals surface area contributed by atoms with Crippen LogP contribution in [-0.4, -0.2) is 55.6 Å². The smallest absolute Gasteiger partial charge is 0.228 e. The fourth-order valence-electron chi connectivity index (χ4n) is 4.09. The van der Waals surface area contributed by atoms with Gasteiger partial charge in [0, 0.05) is 43.9 Å². The van der Waals surface area contributed by atoms with Crippen molar-refractivity contribution < 1.29 is 19.1 Å². The number of likely N-dealkylation sites (tertiary alicyclic amines) is 1. The van der Waals surface area contributed by atoms with E-state index in [9.17, 15) is 9.59 Å². The number of amides is 2. The molecule has 2 unspecified atom stereocenters. The number of fused-ring (bicyclic) bond motifs is 1. The molecular weight excluding hydrogens is 334 g/mol. The maximum absolute atomic E-state index is 13.0. The summed E-state index contributed by atoms with van der Waals surface area (Å²) in [6.45, 7) is 2.67. The predicted octanol–water partition coefficient (Wildman–Crippen LogP) is 1.15. The van der Waals surface area contributed by atoms with Crippen molar-refractivity contribution in [3.63, 3.8) is 0 Å². The Labute approximate surface area is 153 Å². The van der Waals surface area contributed by atoms with Gasteiger partial charge in [-0.2, -0.15) is 0 Å². The van der Waals surface area contributed by atoms with Crippen molar-refractivity contribution in [3.8, 4) is 11.5 Å². The Hall–Kier alpha value is -2.28. The van der Waals surface area contributed by atoms with Gasteiger partial charge in [0.25, 0.3) is 0 Å². The molecule has 0 saturated carbocycles. The Kier molecular flexibility index (Phi) is 4.72. The summed E-state index contributed by atoms with van der Waals surface area (Å²) in [5.41, 5.74) is 6.60. The number of piperidine rings is 1. The van der Waals surface area contributed by atoms with Crippen LogP contribution in [0.25, 0.3) is 0 Å². The highest BCUT2D eigenvalue weighted by Gasteiger charge is 2.39. The zero-order valence-electron chi connectivity index (χ0n) is 14.9. The minimum Gasteiger partial charge on any atom is -0.486 e. The standard InChI is InChI=1S/C19H25N3O4/c20-11-15-3-1-2-6-21(15)19(24)13-9-18(23)22(12-13)14-4-5-16-17(10-14)26-8-7-25-16/h4-5,10,13,15H,1-3,6-9,11-12,20H2. The summed E-state index contributed by atoms with van der Waals surface area (Å²) in [6.07, 6.45) is 3.32. The molecule has 26 heavy (non-hydrogen) atoms. The number of rotatable bonds is 3. The van der Waals surface area contributed by atoms with Gasteiger partial charge in [-0.3, -0.25) is 9.59 Å². The van der Waals surface area contributed by atoms with E-state index in [0.29, 0.717) is 37.8 Å². The zero-order valence-corrected chi connectivity index (χ0v) is 14.9. The van der Waals surface area contributed by atoms with Gasteiger partial charge in [-0.15, -0.1) is 0 Å². The topological polar surface area (TPSA) is 85.1 Å². The molecular formula is C19H25N3O4. The fraction of sp³-hybridized carbons (Fsp3) is 0.579. The molecule has 7 heteroatoms. The first-order valence-corrected chi connectivity index (χ1v) is 9.38. The van der Waals surface area contributed by atoms with E-state index in [1.165, 1.54) is 0 Å². The average molecular weight is 359 g/mol. The molecule has 0 bridgehead atoms. The third kappa shape index (κ3) is 3.11. The van der Waals surface area contributed by atoms with Gasteiger partial charge < -0.3 is 25.0 Å². The van der Waals surface area contributed by atoms with Gasteiger partial charge in [0.2, 0.25) is 11.8 Å². The Balaban J connectivity index is 1.49. The van der Waals surface area contributed by atoms with Crippen molar-refractivity contribution in [2.45, 2.75) is 31.7 Å². The van der Waals surface area contributed by atoms with E-state index in [1.54, 1.807) is 4.90 Å². The summed E-state index contributed by atoms with van der Waals surface area (Å²) in [5, 5.41) is 0. The number of ether oxygens (including phenoxy) is 2. The molecule has 2 saturated heterocycles. The quantitative estimate of drug-likeness (QED) is 0.875. The monoisotopic (exact) mass is 359 g/mol. The lowest BCUT2D eigenvalue weighted by Crippen LogP contribution is -2.50. The summed E-state index contributed by atoms with van der Waals surface area (Å²) in [4.78, 5) is 29.1. The number of carbonyl (C=O) groups excluding carboxylic acids is 2. The normalized spacial score (nSPS) is 25.5. The summed E-state index contributed by atoms with van der Waals surface area (Å²) >= 11 is 0. The Morgan fingerprint density at radius 1 is 1.19 bits per heavy atom. The Morgan fingerprint density at radius 2 is 2.00 bits per heavy atom. The summed E-state index contributed by atoms with van der Waals surface area (Å²) in [7, 11) is 0. The lowest BCUT2D eigenvalue weighted by molar-refractivity contribution is -0.139. The van der Waals surface area contributed by atoms with Crippen molar-refractivity contribution in [2.24, 2.45) is 11.7 Å². The minimum absolute atomic E-state index is 0.0265. The zero-order chi connectivity index (χ0) is 18.1. The van der Waals surface area contributed by atoms with Gasteiger partial charge in [0.05, 0.1) is 5.92 Å². The van der Waals surface area contributed by atoms with Gasteiger partial charge in [-0.25, -0.2) is 0 Å². The first kappa shape index (κ1) is 17.1. The average Bonchev–Trinajstić information content (AvgIpc) is 3.08. The molecule has 1 aromatic rings. The first-order chi connectivity index (χ1) is 12.7. The lowest BCUT2D eigenvalue weighted by atomic mass is 9.98. The van der Waals surface area contributed by atoms with Crippen molar-refractivity contribution in [1.29, 1.82) is 0 Å². The van der Waals surface area contributed by atoms with Crippen LogP contribution in [0.5, 0.6) is 11.5 Å². The third-order valence-electron chi connectivity index (χ3n) is 5.49. The molecule has 1 aromatic carbocycles. The van der Waals surface area contributed by atoms with Crippen LogP contribution >= 0.6 is 0 Å². The van der Waals surface area contributed by atoms with Crippen LogP contribution in [0.4, 0.5) is 5.69 Å². The number of nitrogens with zero attached hydrogens (tertiary/aromatic N) is 2. The number of hydrogen-bond acceptors (Lipinski definition) is 5. The number of hydrogen-bond donors (Lipinski definition) is 1. The molecule has 2 atom stereocenters. The molecule has 2 N–H and O–H groups in total. The molecule has 4 rings (SSSR count). The van der Waals surface area contributed by atoms with Crippen LogP contribution in [-0.2, 0) is 9.59 Å². The van der Waals surface area contributed by atoms with Crippen molar-refractivity contribution in [3.05, 3.63) is 18.2 Å². The first-order valence-electron chi connectivity index (χ1n) is 9.38. The maximum atomic E-state index is 13.0. The summed E-state index contributed by atoms with van der Waals surface area (Å²) < 4.78 is 11.1. The second-order valence-electron chi connectivity index (χ2n) is 7.15. The molecule has 0 spiro atoms. The second kappa shape index (κ2) is 7.15. The SMILES string of the molecule is NCC1CCCCN1C(=O)C1CC(=O)N(c2ccc3c(c2)OCCO3)C1. The van der Waals surface area contributed by atoms with Crippen LogP contribution in [0, 0.1) is 5.92 Å². The minimum atomic E-state index is -0.303. The van der Waals surface area contributed by atoms with E-state index >= 15 is 0 Å². The fourth-order valence-corrected chi connectivity index (χ4v) is 4.09. The number of anilines is 1.